The highest BCUT2D eigenvalue weighted by atomic mass is 32.2. The van der Waals surface area contributed by atoms with Gasteiger partial charge < -0.3 is 38.4 Å². The molecule has 39 heavy (non-hydrogen) atoms. The van der Waals surface area contributed by atoms with E-state index in [0.717, 1.165) is 22.2 Å². The van der Waals surface area contributed by atoms with E-state index in [2.05, 4.69) is 14.2 Å². The minimum atomic E-state index is -5.14. The number of allylic oxidation sites excluding steroid dienone is 2. The third-order valence-corrected chi connectivity index (χ3v) is 9.13. The van der Waals surface area contributed by atoms with Crippen molar-refractivity contribution >= 4 is 42.1 Å². The Hall–Kier alpha value is -1.97. The van der Waals surface area contributed by atoms with E-state index in [1.165, 1.54) is 24.5 Å². The van der Waals surface area contributed by atoms with E-state index in [-0.39, 0.29) is 30.0 Å². The van der Waals surface area contributed by atoms with Crippen LogP contribution in [0.1, 0.15) is 26.7 Å². The van der Waals surface area contributed by atoms with E-state index >= 15 is 0 Å². The van der Waals surface area contributed by atoms with E-state index in [0.29, 0.717) is 24.8 Å². The number of hydrogen-bond donors (Lipinski definition) is 7. The largest absolute Gasteiger partial charge is 0.481 e. The van der Waals surface area contributed by atoms with Crippen molar-refractivity contribution in [2.45, 2.75) is 31.6 Å². The molecule has 0 aliphatic carbocycles. The van der Waals surface area contributed by atoms with Crippen LogP contribution in [0.2, 0.25) is 0 Å². The zero-order valence-electron chi connectivity index (χ0n) is 22.6. The van der Waals surface area contributed by atoms with Gasteiger partial charge in [-0.1, -0.05) is 47.6 Å². The van der Waals surface area contributed by atoms with Crippen LogP contribution in [0, 0.1) is 0 Å². The normalized spacial score (nSPS) is 14.2. The van der Waals surface area contributed by atoms with Gasteiger partial charge in [-0.3, -0.25) is 4.52 Å². The van der Waals surface area contributed by atoms with Crippen molar-refractivity contribution in [3.8, 4) is 0 Å². The SMILES string of the molecule is C/C(=C\COP(=O)(O)OP(=O)(O)O)CC/C=C(\C)CNc1cccc2c(S(=O)(=O)N(C)C)cccc12.N.N.N. The van der Waals surface area contributed by atoms with Crippen molar-refractivity contribution in [2.75, 3.05) is 32.6 Å². The molecule has 1 unspecified atom stereocenters. The summed E-state index contributed by atoms with van der Waals surface area (Å²) in [4.78, 5) is 26.7. The molecule has 0 radical (unpaired) electrons. The molecule has 13 N–H and O–H groups in total. The van der Waals surface area contributed by atoms with Gasteiger partial charge in [0.2, 0.25) is 10.0 Å². The van der Waals surface area contributed by atoms with Crippen molar-refractivity contribution in [3.05, 3.63) is 59.7 Å². The Bertz CT molecular complexity index is 1340. The van der Waals surface area contributed by atoms with Gasteiger partial charge in [-0.2, -0.15) is 4.31 Å². The summed E-state index contributed by atoms with van der Waals surface area (Å²) in [5.74, 6) is 0. The molecule has 0 fully saturated rings. The molecule has 224 valence electrons. The Morgan fingerprint density at radius 2 is 1.54 bits per heavy atom. The third kappa shape index (κ3) is 12.4. The van der Waals surface area contributed by atoms with E-state index in [1.54, 1.807) is 25.1 Å². The molecular weight excluding hydrogens is 572 g/mol. The van der Waals surface area contributed by atoms with Gasteiger partial charge in [0, 0.05) is 37.1 Å². The van der Waals surface area contributed by atoms with Crippen molar-refractivity contribution in [3.63, 3.8) is 0 Å². The lowest BCUT2D eigenvalue weighted by Crippen LogP contribution is -2.22. The van der Waals surface area contributed by atoms with Gasteiger partial charge in [0.15, 0.2) is 0 Å². The fourth-order valence-corrected chi connectivity index (χ4v) is 5.87. The lowest BCUT2D eigenvalue weighted by Gasteiger charge is -2.16. The number of anilines is 1. The average Bonchev–Trinajstić information content (AvgIpc) is 2.75. The van der Waals surface area contributed by atoms with Crippen molar-refractivity contribution in [2.24, 2.45) is 0 Å². The fourth-order valence-electron chi connectivity index (χ4n) is 3.24. The van der Waals surface area contributed by atoms with Crippen LogP contribution in [0.5, 0.6) is 0 Å². The van der Waals surface area contributed by atoms with Gasteiger partial charge in [0.25, 0.3) is 0 Å². The summed E-state index contributed by atoms with van der Waals surface area (Å²) in [6.45, 7) is 3.97. The average molecular weight is 614 g/mol. The number of sulfonamides is 1. The second kappa shape index (κ2) is 16.3. The Kier molecular flexibility index (Phi) is 16.4. The molecule has 1 atom stereocenters. The van der Waals surface area contributed by atoms with Gasteiger partial charge in [-0.15, -0.1) is 0 Å². The number of rotatable bonds is 13. The van der Waals surface area contributed by atoms with Gasteiger partial charge in [-0.05, 0) is 38.8 Å². The third-order valence-electron chi connectivity index (χ3n) is 5.11. The summed E-state index contributed by atoms with van der Waals surface area (Å²) in [7, 11) is -10.6. The van der Waals surface area contributed by atoms with Crippen LogP contribution >= 0.6 is 15.6 Å². The number of nitrogens with one attached hydrogen (secondary N) is 1. The van der Waals surface area contributed by atoms with E-state index in [1.807, 2.05) is 31.2 Å². The molecule has 0 spiro atoms. The predicted octanol–water partition coefficient (Wildman–Crippen LogP) is 4.89. The van der Waals surface area contributed by atoms with Crippen LogP contribution in [0.3, 0.4) is 0 Å². The highest BCUT2D eigenvalue weighted by molar-refractivity contribution is 7.89. The smallest absolute Gasteiger partial charge is 0.381 e. The van der Waals surface area contributed by atoms with Crippen molar-refractivity contribution in [1.82, 2.24) is 22.8 Å². The first-order chi connectivity index (χ1) is 16.6. The van der Waals surface area contributed by atoms with Gasteiger partial charge >= 0.3 is 15.6 Å². The molecule has 0 amide bonds. The van der Waals surface area contributed by atoms with E-state index in [9.17, 15) is 22.4 Å². The highest BCUT2D eigenvalue weighted by Crippen LogP contribution is 2.57. The Morgan fingerprint density at radius 1 is 0.949 bits per heavy atom. The molecule has 0 heterocycles. The molecule has 0 bridgehead atoms. The zero-order chi connectivity index (χ0) is 27.1. The summed E-state index contributed by atoms with van der Waals surface area (Å²) in [6, 6.07) is 10.7. The van der Waals surface area contributed by atoms with E-state index < -0.39 is 25.7 Å². The molecule has 0 saturated heterocycles. The summed E-state index contributed by atoms with van der Waals surface area (Å²) < 4.78 is 56.9. The molecule has 17 heteroatoms. The number of phosphoric acid groups is 2. The fraction of sp³-hybridized carbons (Fsp3) is 0.364. The molecule has 0 aliphatic rings. The second-order valence-electron chi connectivity index (χ2n) is 8.27. The Balaban J connectivity index is 0. The summed E-state index contributed by atoms with van der Waals surface area (Å²) in [5, 5.41) is 4.80. The van der Waals surface area contributed by atoms with Gasteiger partial charge in [-0.25, -0.2) is 21.9 Å². The predicted molar refractivity (Wildman–Crippen MR) is 154 cm³/mol. The first-order valence-electron chi connectivity index (χ1n) is 10.9. The molecule has 0 aromatic heterocycles. The minimum Gasteiger partial charge on any atom is -0.381 e. The molecule has 0 saturated carbocycles. The monoisotopic (exact) mass is 613 g/mol. The number of hydrogen-bond acceptors (Lipinski definition) is 10. The van der Waals surface area contributed by atoms with Crippen molar-refractivity contribution in [1.29, 1.82) is 0 Å². The van der Waals surface area contributed by atoms with Crippen LogP contribution in [0.25, 0.3) is 10.8 Å². The zero-order valence-corrected chi connectivity index (χ0v) is 25.2. The summed E-state index contributed by atoms with van der Waals surface area (Å²) in [6.07, 6.45) is 4.89. The topological polar surface area (TPSA) is 268 Å². The molecule has 0 aliphatic heterocycles. The number of nitrogens with zero attached hydrogens (tertiary/aromatic N) is 1. The standard InChI is InChI=1S/C22H32N2O9P2S.3H3N/c1-17(14-15-32-35(28,29)33-34(25,26)27)8-5-9-18(2)16-23-21-12-6-11-20-19(21)10-7-13-22(20)36(30,31)24(3)4;;;/h6-7,9-14,23H,5,8,15-16H2,1-4H3,(H,28,29)(H2,25,26,27);3*1H3/b17-14+,18-9+;;;. The first kappa shape index (κ1) is 39.2. The lowest BCUT2D eigenvalue weighted by atomic mass is 10.1. The highest BCUT2D eigenvalue weighted by Gasteiger charge is 2.31. The molecule has 14 nitrogen and oxygen atoms in total. The molecule has 2 rings (SSSR count). The molecular formula is C22H41N5O9P2S. The summed E-state index contributed by atoms with van der Waals surface area (Å²) in [5.41, 5.74) is 2.73. The maximum absolute atomic E-state index is 12.7. The van der Waals surface area contributed by atoms with Crippen LogP contribution < -0.4 is 23.8 Å². The molecule has 2 aromatic rings. The lowest BCUT2D eigenvalue weighted by molar-refractivity contribution is 0.191. The van der Waals surface area contributed by atoms with Crippen LogP contribution in [0.4, 0.5) is 5.69 Å². The number of phosphoric ester groups is 1. The number of fused-ring (bicyclic) bond motifs is 1. The quantitative estimate of drug-likeness (QED) is 0.117. The number of benzene rings is 2. The maximum Gasteiger partial charge on any atom is 0.481 e. The minimum absolute atomic E-state index is 0. The van der Waals surface area contributed by atoms with Gasteiger partial charge in [0.05, 0.1) is 11.5 Å². The Labute approximate surface area is 229 Å². The van der Waals surface area contributed by atoms with Crippen LogP contribution in [-0.4, -0.2) is 54.7 Å². The first-order valence-corrected chi connectivity index (χ1v) is 15.3. The van der Waals surface area contributed by atoms with E-state index in [4.69, 9.17) is 9.79 Å². The molecule has 2 aromatic carbocycles. The van der Waals surface area contributed by atoms with Crippen molar-refractivity contribution < 1.29 is 41.1 Å². The van der Waals surface area contributed by atoms with Crippen LogP contribution in [0.15, 0.2) is 64.6 Å². The van der Waals surface area contributed by atoms with Gasteiger partial charge in [0.1, 0.15) is 0 Å². The summed E-state index contributed by atoms with van der Waals surface area (Å²) >= 11 is 0. The second-order valence-corrected chi connectivity index (χ2v) is 13.2. The maximum atomic E-state index is 12.7. The van der Waals surface area contributed by atoms with Crippen LogP contribution in [-0.2, 0) is 28.0 Å². The Morgan fingerprint density at radius 3 is 2.13 bits per heavy atom.